The Morgan fingerprint density at radius 2 is 1.53 bits per heavy atom. The fourth-order valence-corrected chi connectivity index (χ4v) is 4.67. The second-order valence-electron chi connectivity index (χ2n) is 8.98. The molecule has 0 amide bonds. The maximum Gasteiger partial charge on any atom is 0.457 e. The highest BCUT2D eigenvalue weighted by atomic mass is 19.3. The molecule has 0 spiro atoms. The molecule has 0 N–H and O–H groups in total. The number of benzene rings is 2. The first-order valence-corrected chi connectivity index (χ1v) is 11.9. The van der Waals surface area contributed by atoms with Crippen LogP contribution in [0, 0.1) is 17.6 Å². The third-order valence-electron chi connectivity index (χ3n) is 6.49. The maximum absolute atomic E-state index is 14.8. The molecule has 0 saturated heterocycles. The lowest BCUT2D eigenvalue weighted by Crippen LogP contribution is -2.26. The van der Waals surface area contributed by atoms with Gasteiger partial charge in [0.2, 0.25) is 5.83 Å². The first-order chi connectivity index (χ1) is 16.2. The molecule has 7 heteroatoms. The third kappa shape index (κ3) is 5.97. The maximum atomic E-state index is 14.8. The van der Waals surface area contributed by atoms with E-state index in [0.29, 0.717) is 18.8 Å². The molecule has 34 heavy (non-hydrogen) atoms. The lowest BCUT2D eigenvalue weighted by Gasteiger charge is -2.29. The molecule has 0 aliphatic heterocycles. The number of alkyl halides is 2. The van der Waals surface area contributed by atoms with Gasteiger partial charge >= 0.3 is 6.11 Å². The van der Waals surface area contributed by atoms with E-state index in [1.54, 1.807) is 0 Å². The van der Waals surface area contributed by atoms with Gasteiger partial charge in [0.1, 0.15) is 5.75 Å². The first-order valence-electron chi connectivity index (χ1n) is 11.9. The molecule has 1 aliphatic rings. The van der Waals surface area contributed by atoms with Crippen molar-refractivity contribution in [2.75, 3.05) is 0 Å². The predicted octanol–water partition coefficient (Wildman–Crippen LogP) is 9.27. The van der Waals surface area contributed by atoms with E-state index < -0.39 is 35.0 Å². The van der Waals surface area contributed by atoms with Crippen molar-refractivity contribution in [3.05, 3.63) is 70.5 Å². The molecule has 0 unspecified atom stereocenters. The fraction of sp³-hybridized carbons (Fsp3) is 0.481. The monoisotopic (exact) mass is 484 g/mol. The van der Waals surface area contributed by atoms with Crippen LogP contribution in [0.25, 0.3) is 5.83 Å². The number of hydrogen-bond donors (Lipinski definition) is 0. The first kappa shape index (κ1) is 26.2. The number of rotatable bonds is 9. The molecule has 1 aliphatic carbocycles. The van der Waals surface area contributed by atoms with Gasteiger partial charge in [-0.3, -0.25) is 0 Å². The molecule has 1 saturated carbocycles. The summed E-state index contributed by atoms with van der Waals surface area (Å²) in [6, 6.07) is 7.49. The van der Waals surface area contributed by atoms with Gasteiger partial charge in [-0.1, -0.05) is 51.3 Å². The van der Waals surface area contributed by atoms with Crippen LogP contribution in [0.5, 0.6) is 5.75 Å². The Labute approximate surface area is 196 Å². The Bertz CT molecular complexity index is 991. The molecule has 1 nitrogen and oxygen atoms in total. The van der Waals surface area contributed by atoms with Gasteiger partial charge in [-0.2, -0.15) is 13.2 Å². The quantitative estimate of drug-likeness (QED) is 0.322. The van der Waals surface area contributed by atoms with Crippen LogP contribution in [0.4, 0.5) is 26.3 Å². The standard InChI is InChI=1S/C27H30F6O/c1-3-5-17-7-11-19(12-8-17)21-15-16-22(24(29)23(21)28)25(30)26(31)27(32,33)34-20-13-9-18(6-4-2)10-14-20/h9-10,13-17,19H,3-8,11-12H2,1-2H3. The van der Waals surface area contributed by atoms with Crippen molar-refractivity contribution in [2.45, 2.75) is 77.2 Å². The van der Waals surface area contributed by atoms with Gasteiger partial charge in [0.05, 0.1) is 5.56 Å². The van der Waals surface area contributed by atoms with Gasteiger partial charge in [0, 0.05) is 0 Å². The van der Waals surface area contributed by atoms with Gasteiger partial charge in [0.25, 0.3) is 0 Å². The Morgan fingerprint density at radius 3 is 2.12 bits per heavy atom. The van der Waals surface area contributed by atoms with E-state index in [4.69, 9.17) is 0 Å². The van der Waals surface area contributed by atoms with Crippen LogP contribution in [0.1, 0.15) is 81.4 Å². The van der Waals surface area contributed by atoms with Crippen LogP contribution in [-0.4, -0.2) is 6.11 Å². The normalized spacial score (nSPS) is 19.6. The smallest absolute Gasteiger partial charge is 0.427 e. The third-order valence-corrected chi connectivity index (χ3v) is 6.49. The Morgan fingerprint density at radius 1 is 0.882 bits per heavy atom. The summed E-state index contributed by atoms with van der Waals surface area (Å²) in [7, 11) is 0. The minimum atomic E-state index is -4.70. The fourth-order valence-electron chi connectivity index (χ4n) is 4.67. The zero-order chi connectivity index (χ0) is 24.9. The highest BCUT2D eigenvalue weighted by Gasteiger charge is 2.42. The molecule has 1 fully saturated rings. The summed E-state index contributed by atoms with van der Waals surface area (Å²) in [4.78, 5) is 0. The molecule has 0 heterocycles. The van der Waals surface area contributed by atoms with E-state index >= 15 is 0 Å². The van der Waals surface area contributed by atoms with Crippen LogP contribution in [0.2, 0.25) is 0 Å². The minimum Gasteiger partial charge on any atom is -0.427 e. The molecule has 0 bridgehead atoms. The van der Waals surface area contributed by atoms with Gasteiger partial charge in [-0.25, -0.2) is 13.2 Å². The molecule has 0 atom stereocenters. The summed E-state index contributed by atoms with van der Waals surface area (Å²) in [5.41, 5.74) is -0.253. The van der Waals surface area contributed by atoms with Gasteiger partial charge in [-0.05, 0) is 73.3 Å². The summed E-state index contributed by atoms with van der Waals surface area (Å²) in [5, 5.41) is 0. The minimum absolute atomic E-state index is 0.0691. The van der Waals surface area contributed by atoms with Crippen molar-refractivity contribution in [3.63, 3.8) is 0 Å². The number of halogens is 6. The van der Waals surface area contributed by atoms with Crippen molar-refractivity contribution in [2.24, 2.45) is 5.92 Å². The predicted molar refractivity (Wildman–Crippen MR) is 121 cm³/mol. The van der Waals surface area contributed by atoms with Crippen molar-refractivity contribution in [1.29, 1.82) is 0 Å². The molecule has 2 aromatic carbocycles. The van der Waals surface area contributed by atoms with Crippen LogP contribution < -0.4 is 4.74 Å². The van der Waals surface area contributed by atoms with E-state index in [9.17, 15) is 26.3 Å². The van der Waals surface area contributed by atoms with Gasteiger partial charge in [-0.15, -0.1) is 0 Å². The van der Waals surface area contributed by atoms with E-state index in [-0.39, 0.29) is 17.2 Å². The molecule has 0 radical (unpaired) electrons. The lowest BCUT2D eigenvalue weighted by molar-refractivity contribution is -0.156. The number of aryl methyl sites for hydroxylation is 1. The molecule has 3 rings (SSSR count). The van der Waals surface area contributed by atoms with Crippen molar-refractivity contribution in [3.8, 4) is 5.75 Å². The second kappa shape index (κ2) is 11.3. The van der Waals surface area contributed by atoms with E-state index in [1.807, 2.05) is 6.92 Å². The van der Waals surface area contributed by atoms with E-state index in [2.05, 4.69) is 11.7 Å². The average Bonchev–Trinajstić information content (AvgIpc) is 2.82. The number of ether oxygens (including phenoxy) is 1. The molecule has 2 aromatic rings. The highest BCUT2D eigenvalue weighted by Crippen LogP contribution is 2.41. The zero-order valence-corrected chi connectivity index (χ0v) is 19.5. The number of hydrogen-bond acceptors (Lipinski definition) is 1. The Hall–Kier alpha value is -2.44. The van der Waals surface area contributed by atoms with Gasteiger partial charge < -0.3 is 4.74 Å². The average molecular weight is 485 g/mol. The molecule has 186 valence electrons. The summed E-state index contributed by atoms with van der Waals surface area (Å²) in [5.74, 6) is -7.88. The summed E-state index contributed by atoms with van der Waals surface area (Å²) < 4.78 is 91.3. The summed E-state index contributed by atoms with van der Waals surface area (Å²) in [6.45, 7) is 4.05. The highest BCUT2D eigenvalue weighted by molar-refractivity contribution is 5.63. The van der Waals surface area contributed by atoms with E-state index in [0.717, 1.165) is 56.2 Å². The largest absolute Gasteiger partial charge is 0.457 e. The van der Waals surface area contributed by atoms with Crippen LogP contribution in [-0.2, 0) is 6.42 Å². The SMILES string of the molecule is CCCc1ccc(OC(F)(F)C(F)=C(F)c2ccc(C3CCC(CCC)CC3)c(F)c2F)cc1. The lowest BCUT2D eigenvalue weighted by atomic mass is 9.77. The second-order valence-corrected chi connectivity index (χ2v) is 8.98. The van der Waals surface area contributed by atoms with Crippen LogP contribution in [0.3, 0.4) is 0 Å². The molecule has 0 aromatic heterocycles. The topological polar surface area (TPSA) is 9.23 Å². The van der Waals surface area contributed by atoms with Crippen LogP contribution >= 0.6 is 0 Å². The van der Waals surface area contributed by atoms with Crippen molar-refractivity contribution in [1.82, 2.24) is 0 Å². The summed E-state index contributed by atoms with van der Waals surface area (Å²) >= 11 is 0. The van der Waals surface area contributed by atoms with Crippen molar-refractivity contribution >= 4 is 5.83 Å². The molecular formula is C27H30F6O. The van der Waals surface area contributed by atoms with Gasteiger partial charge in [0.15, 0.2) is 17.5 Å². The van der Waals surface area contributed by atoms with Crippen molar-refractivity contribution < 1.29 is 31.1 Å². The molecular weight excluding hydrogens is 454 g/mol. The summed E-state index contributed by atoms with van der Waals surface area (Å²) in [6.07, 6.45) is 2.10. The Balaban J connectivity index is 1.79. The van der Waals surface area contributed by atoms with Crippen LogP contribution in [0.15, 0.2) is 42.2 Å². The zero-order valence-electron chi connectivity index (χ0n) is 19.5. The van der Waals surface area contributed by atoms with E-state index in [1.165, 1.54) is 24.3 Å². The Kier molecular flexibility index (Phi) is 8.72.